The van der Waals surface area contributed by atoms with Crippen LogP contribution in [0, 0.1) is 17.1 Å². The number of aromatic nitrogens is 2. The Hall–Kier alpha value is -3.33. The molecule has 1 N–H and O–H groups in total. The summed E-state index contributed by atoms with van der Waals surface area (Å²) < 4.78 is 20.8. The maximum Gasteiger partial charge on any atom is 0.181 e. The maximum absolute atomic E-state index is 15.2. The molecule has 0 saturated heterocycles. The predicted molar refractivity (Wildman–Crippen MR) is 114 cm³/mol. The molecule has 3 aromatic carbocycles. The van der Waals surface area contributed by atoms with Gasteiger partial charge in [-0.2, -0.15) is 10.4 Å². The molecule has 0 aliphatic carbocycles. The first-order chi connectivity index (χ1) is 14.5. The molecular weight excluding hydrogens is 424 g/mol. The summed E-state index contributed by atoms with van der Waals surface area (Å²) in [5, 5.41) is 16.8. The zero-order valence-corrected chi connectivity index (χ0v) is 17.0. The molecule has 4 rings (SSSR count). The number of ether oxygens (including phenoxy) is 1. The van der Waals surface area contributed by atoms with Gasteiger partial charge < -0.3 is 4.74 Å². The second-order valence-corrected chi connectivity index (χ2v) is 7.40. The molecule has 30 heavy (non-hydrogen) atoms. The lowest BCUT2D eigenvalue weighted by atomic mass is 10.1. The Morgan fingerprint density at radius 2 is 1.83 bits per heavy atom. The van der Waals surface area contributed by atoms with Gasteiger partial charge in [0.25, 0.3) is 0 Å². The molecule has 1 aromatic heterocycles. The van der Waals surface area contributed by atoms with Crippen molar-refractivity contribution in [3.8, 4) is 28.8 Å². The Kier molecular flexibility index (Phi) is 5.71. The van der Waals surface area contributed by atoms with Gasteiger partial charge in [-0.1, -0.05) is 59.6 Å². The number of nitrogens with zero attached hydrogens (tertiary/aromatic N) is 2. The molecule has 0 bridgehead atoms. The average molecular weight is 438 g/mol. The molecule has 0 aliphatic rings. The Labute approximate surface area is 182 Å². The van der Waals surface area contributed by atoms with Crippen LogP contribution in [0.2, 0.25) is 10.0 Å². The van der Waals surface area contributed by atoms with Crippen LogP contribution in [0.1, 0.15) is 16.8 Å². The van der Waals surface area contributed by atoms with Gasteiger partial charge in [-0.05, 0) is 41.5 Å². The van der Waals surface area contributed by atoms with Crippen LogP contribution >= 0.6 is 23.2 Å². The molecular formula is C23H14Cl2FN3O. The van der Waals surface area contributed by atoms with E-state index in [9.17, 15) is 0 Å². The highest BCUT2D eigenvalue weighted by atomic mass is 35.5. The van der Waals surface area contributed by atoms with Crippen molar-refractivity contribution < 1.29 is 9.13 Å². The standard InChI is InChI=1S/C23H14Cl2FN3O/c24-17-8-14(13-27)9-19(11-17)30-23-20(25)7-6-16(22(23)26)10-18-12-21(29-28-18)15-4-2-1-3-5-15/h1-9,11-12H,10H2,(H,28,29). The predicted octanol–water partition coefficient (Wildman–Crippen LogP) is 6.78. The summed E-state index contributed by atoms with van der Waals surface area (Å²) in [6.07, 6.45) is 0.252. The van der Waals surface area contributed by atoms with Crippen molar-refractivity contribution in [1.82, 2.24) is 10.2 Å². The van der Waals surface area contributed by atoms with Crippen molar-refractivity contribution in [1.29, 1.82) is 5.26 Å². The molecule has 0 aliphatic heterocycles. The number of H-pyrrole nitrogens is 1. The number of nitrogens with one attached hydrogen (secondary N) is 1. The lowest BCUT2D eigenvalue weighted by molar-refractivity contribution is 0.439. The number of aromatic amines is 1. The minimum atomic E-state index is -0.592. The van der Waals surface area contributed by atoms with Crippen LogP contribution in [0.25, 0.3) is 11.3 Å². The van der Waals surface area contributed by atoms with E-state index in [2.05, 4.69) is 10.2 Å². The van der Waals surface area contributed by atoms with Gasteiger partial charge in [0.05, 0.1) is 28.0 Å². The molecule has 148 valence electrons. The van der Waals surface area contributed by atoms with Crippen LogP contribution in [0.4, 0.5) is 4.39 Å². The van der Waals surface area contributed by atoms with Crippen molar-refractivity contribution in [2.45, 2.75) is 6.42 Å². The van der Waals surface area contributed by atoms with Crippen molar-refractivity contribution in [3.05, 3.63) is 99.4 Å². The lowest BCUT2D eigenvalue weighted by Gasteiger charge is -2.12. The van der Waals surface area contributed by atoms with Gasteiger partial charge in [0.1, 0.15) is 5.75 Å². The molecule has 4 aromatic rings. The fourth-order valence-corrected chi connectivity index (χ4v) is 3.43. The molecule has 0 saturated carbocycles. The fourth-order valence-electron chi connectivity index (χ4n) is 3.02. The minimum Gasteiger partial charge on any atom is -0.453 e. The van der Waals surface area contributed by atoms with Crippen LogP contribution < -0.4 is 4.74 Å². The summed E-state index contributed by atoms with van der Waals surface area (Å²) >= 11 is 12.2. The van der Waals surface area contributed by atoms with E-state index in [0.717, 1.165) is 11.3 Å². The van der Waals surface area contributed by atoms with Gasteiger partial charge in [-0.25, -0.2) is 4.39 Å². The molecule has 0 spiro atoms. The number of hydrogen-bond acceptors (Lipinski definition) is 3. The number of nitriles is 1. The molecule has 0 atom stereocenters. The van der Waals surface area contributed by atoms with E-state index in [-0.39, 0.29) is 22.9 Å². The second-order valence-electron chi connectivity index (χ2n) is 6.55. The third kappa shape index (κ3) is 4.30. The first-order valence-electron chi connectivity index (χ1n) is 8.98. The molecule has 1 heterocycles. The molecule has 0 amide bonds. The van der Waals surface area contributed by atoms with Gasteiger partial charge in [-0.15, -0.1) is 0 Å². The van der Waals surface area contributed by atoms with E-state index in [1.807, 2.05) is 42.5 Å². The first kappa shape index (κ1) is 20.0. The Morgan fingerprint density at radius 3 is 2.60 bits per heavy atom. The largest absolute Gasteiger partial charge is 0.453 e. The topological polar surface area (TPSA) is 61.7 Å². The zero-order valence-electron chi connectivity index (χ0n) is 15.5. The quantitative estimate of drug-likeness (QED) is 0.374. The normalized spacial score (nSPS) is 10.6. The third-order valence-electron chi connectivity index (χ3n) is 4.44. The van der Waals surface area contributed by atoms with Crippen molar-refractivity contribution in [2.75, 3.05) is 0 Å². The summed E-state index contributed by atoms with van der Waals surface area (Å²) in [7, 11) is 0. The van der Waals surface area contributed by atoms with Gasteiger partial charge in [0, 0.05) is 11.4 Å². The number of halogens is 3. The summed E-state index contributed by atoms with van der Waals surface area (Å²) in [5.74, 6) is -0.493. The highest BCUT2D eigenvalue weighted by Crippen LogP contribution is 2.36. The highest BCUT2D eigenvalue weighted by molar-refractivity contribution is 6.32. The SMILES string of the molecule is N#Cc1cc(Cl)cc(Oc2c(Cl)ccc(Cc3cc(-c4ccccc4)[nH]n3)c2F)c1. The Bertz CT molecular complexity index is 1250. The number of hydrogen-bond donors (Lipinski definition) is 1. The molecule has 0 fully saturated rings. The third-order valence-corrected chi connectivity index (χ3v) is 4.95. The molecule has 4 nitrogen and oxygen atoms in total. The summed E-state index contributed by atoms with van der Waals surface area (Å²) in [6.45, 7) is 0. The number of benzene rings is 3. The van der Waals surface area contributed by atoms with Gasteiger partial charge in [0.15, 0.2) is 11.6 Å². The van der Waals surface area contributed by atoms with E-state index in [4.69, 9.17) is 33.2 Å². The monoisotopic (exact) mass is 437 g/mol. The van der Waals surface area contributed by atoms with E-state index in [1.165, 1.54) is 18.2 Å². The van der Waals surface area contributed by atoms with Crippen LogP contribution in [0.3, 0.4) is 0 Å². The second kappa shape index (κ2) is 8.58. The van der Waals surface area contributed by atoms with Gasteiger partial charge in [-0.3, -0.25) is 5.10 Å². The Balaban J connectivity index is 1.61. The van der Waals surface area contributed by atoms with E-state index in [1.54, 1.807) is 12.1 Å². The van der Waals surface area contributed by atoms with E-state index < -0.39 is 5.82 Å². The highest BCUT2D eigenvalue weighted by Gasteiger charge is 2.17. The van der Waals surface area contributed by atoms with Crippen molar-refractivity contribution >= 4 is 23.2 Å². The molecule has 0 unspecified atom stereocenters. The van der Waals surface area contributed by atoms with Gasteiger partial charge >= 0.3 is 0 Å². The van der Waals surface area contributed by atoms with Gasteiger partial charge in [0.2, 0.25) is 0 Å². The fraction of sp³-hybridized carbons (Fsp3) is 0.0435. The van der Waals surface area contributed by atoms with E-state index >= 15 is 4.39 Å². The number of rotatable bonds is 5. The molecule has 0 radical (unpaired) electrons. The molecule has 7 heteroatoms. The van der Waals surface area contributed by atoms with E-state index in [0.29, 0.717) is 21.8 Å². The maximum atomic E-state index is 15.2. The minimum absolute atomic E-state index is 0.113. The van der Waals surface area contributed by atoms with Crippen molar-refractivity contribution in [3.63, 3.8) is 0 Å². The summed E-state index contributed by atoms with van der Waals surface area (Å²) in [6, 6.07) is 21.2. The van der Waals surface area contributed by atoms with Crippen LogP contribution in [-0.4, -0.2) is 10.2 Å². The van der Waals surface area contributed by atoms with Crippen LogP contribution in [-0.2, 0) is 6.42 Å². The van der Waals surface area contributed by atoms with Crippen molar-refractivity contribution in [2.24, 2.45) is 0 Å². The summed E-state index contributed by atoms with van der Waals surface area (Å²) in [5.41, 5.74) is 3.19. The van der Waals surface area contributed by atoms with Crippen LogP contribution in [0.15, 0.2) is 66.7 Å². The lowest BCUT2D eigenvalue weighted by Crippen LogP contribution is -1.98. The Morgan fingerprint density at radius 1 is 1.03 bits per heavy atom. The van der Waals surface area contributed by atoms with Crippen LogP contribution in [0.5, 0.6) is 11.5 Å². The summed E-state index contributed by atoms with van der Waals surface area (Å²) in [4.78, 5) is 0. The smallest absolute Gasteiger partial charge is 0.181 e. The zero-order chi connectivity index (χ0) is 21.1. The average Bonchev–Trinajstić information content (AvgIpc) is 3.22. The first-order valence-corrected chi connectivity index (χ1v) is 9.74.